The number of nitro benzene ring substituents is 1. The number of carbonyl (C=O) groups excluding carboxylic acids is 1. The summed E-state index contributed by atoms with van der Waals surface area (Å²) < 4.78 is 0. The van der Waals surface area contributed by atoms with Crippen LogP contribution in [0.3, 0.4) is 0 Å². The zero-order chi connectivity index (χ0) is 20.8. The molecule has 0 aromatic heterocycles. The fourth-order valence-corrected chi connectivity index (χ4v) is 4.31. The third-order valence-electron chi connectivity index (χ3n) is 5.55. The Morgan fingerprint density at radius 1 is 1.21 bits per heavy atom. The van der Waals surface area contributed by atoms with Crippen molar-refractivity contribution < 1.29 is 9.72 Å². The molecule has 1 heterocycles. The van der Waals surface area contributed by atoms with Crippen LogP contribution in [0.15, 0.2) is 54.6 Å². The van der Waals surface area contributed by atoms with Gasteiger partial charge in [-0.1, -0.05) is 24.3 Å². The van der Waals surface area contributed by atoms with Gasteiger partial charge >= 0.3 is 0 Å². The highest BCUT2D eigenvalue weighted by molar-refractivity contribution is 5.95. The van der Waals surface area contributed by atoms with Gasteiger partial charge in [-0.3, -0.25) is 14.9 Å². The van der Waals surface area contributed by atoms with Crippen LogP contribution in [-0.2, 0) is 0 Å². The first kappa shape index (κ1) is 19.2. The van der Waals surface area contributed by atoms with Crippen LogP contribution in [0.25, 0.3) is 0 Å². The minimum Gasteiger partial charge on any atom is -0.378 e. The number of benzene rings is 2. The minimum absolute atomic E-state index is 0.0170. The van der Waals surface area contributed by atoms with Gasteiger partial charge < -0.3 is 10.6 Å². The van der Waals surface area contributed by atoms with Gasteiger partial charge in [0, 0.05) is 34.8 Å². The third-order valence-corrected chi connectivity index (χ3v) is 5.55. The first-order valence-corrected chi connectivity index (χ1v) is 9.87. The first-order chi connectivity index (χ1) is 13.7. The maximum Gasteiger partial charge on any atom is 0.269 e. The van der Waals surface area contributed by atoms with Crippen molar-refractivity contribution in [2.75, 3.05) is 5.32 Å². The van der Waals surface area contributed by atoms with Crippen LogP contribution in [0.5, 0.6) is 0 Å². The molecule has 0 saturated carbocycles. The van der Waals surface area contributed by atoms with Gasteiger partial charge in [-0.25, -0.2) is 0 Å². The van der Waals surface area contributed by atoms with Crippen LogP contribution in [0.2, 0.25) is 0 Å². The Bertz CT molecular complexity index is 1010. The van der Waals surface area contributed by atoms with E-state index in [2.05, 4.69) is 22.8 Å². The van der Waals surface area contributed by atoms with Crippen molar-refractivity contribution in [2.24, 2.45) is 5.92 Å². The van der Waals surface area contributed by atoms with Gasteiger partial charge in [-0.05, 0) is 62.4 Å². The van der Waals surface area contributed by atoms with E-state index >= 15 is 0 Å². The number of hydrogen-bond donors (Lipinski definition) is 2. The topological polar surface area (TPSA) is 84.3 Å². The Labute approximate surface area is 170 Å². The standard InChI is InChI=1S/C23H25N3O3/c1-23(2,3)25-22(27)15-10-11-20-19(13-15)17-8-5-9-18(17)21(24-20)14-6-4-7-16(12-14)26(28)29/h4-8,10-13,17-18,21,24H,9H2,1-3H3,(H,25,27). The summed E-state index contributed by atoms with van der Waals surface area (Å²) in [4.78, 5) is 23.5. The number of carbonyl (C=O) groups is 1. The molecule has 1 amide bonds. The largest absolute Gasteiger partial charge is 0.378 e. The predicted octanol–water partition coefficient (Wildman–Crippen LogP) is 4.95. The molecule has 3 atom stereocenters. The van der Waals surface area contributed by atoms with Gasteiger partial charge in [0.05, 0.1) is 11.0 Å². The van der Waals surface area contributed by atoms with Gasteiger partial charge in [0.1, 0.15) is 0 Å². The molecule has 6 heteroatoms. The van der Waals surface area contributed by atoms with Crippen LogP contribution in [0.4, 0.5) is 11.4 Å². The van der Waals surface area contributed by atoms with E-state index in [1.54, 1.807) is 12.1 Å². The summed E-state index contributed by atoms with van der Waals surface area (Å²) in [6.45, 7) is 5.89. The molecular formula is C23H25N3O3. The molecule has 1 aliphatic heterocycles. The molecule has 0 spiro atoms. The number of allylic oxidation sites excluding steroid dienone is 2. The van der Waals surface area contributed by atoms with E-state index in [-0.39, 0.29) is 39.9 Å². The van der Waals surface area contributed by atoms with Crippen LogP contribution >= 0.6 is 0 Å². The smallest absolute Gasteiger partial charge is 0.269 e. The lowest BCUT2D eigenvalue weighted by Gasteiger charge is -2.37. The van der Waals surface area contributed by atoms with Crippen molar-refractivity contribution in [1.29, 1.82) is 0 Å². The van der Waals surface area contributed by atoms with Crippen molar-refractivity contribution in [2.45, 2.75) is 44.7 Å². The maximum absolute atomic E-state index is 12.6. The highest BCUT2D eigenvalue weighted by Gasteiger charge is 2.38. The van der Waals surface area contributed by atoms with Crippen LogP contribution in [0, 0.1) is 16.0 Å². The predicted molar refractivity (Wildman–Crippen MR) is 113 cm³/mol. The van der Waals surface area contributed by atoms with Gasteiger partial charge in [-0.15, -0.1) is 0 Å². The highest BCUT2D eigenvalue weighted by atomic mass is 16.6. The highest BCUT2D eigenvalue weighted by Crippen LogP contribution is 2.50. The Kier molecular flexibility index (Phi) is 4.65. The van der Waals surface area contributed by atoms with E-state index in [9.17, 15) is 14.9 Å². The summed E-state index contributed by atoms with van der Waals surface area (Å²) in [7, 11) is 0. The number of amides is 1. The summed E-state index contributed by atoms with van der Waals surface area (Å²) in [5.74, 6) is 0.350. The average molecular weight is 391 g/mol. The van der Waals surface area contributed by atoms with E-state index < -0.39 is 0 Å². The molecule has 150 valence electrons. The molecule has 2 aromatic carbocycles. The zero-order valence-electron chi connectivity index (χ0n) is 16.8. The lowest BCUT2D eigenvalue weighted by molar-refractivity contribution is -0.384. The number of nitrogens with zero attached hydrogens (tertiary/aromatic N) is 1. The van der Waals surface area contributed by atoms with E-state index in [0.717, 1.165) is 23.2 Å². The lowest BCUT2D eigenvalue weighted by Crippen LogP contribution is -2.40. The Morgan fingerprint density at radius 2 is 2.00 bits per heavy atom. The zero-order valence-corrected chi connectivity index (χ0v) is 16.8. The lowest BCUT2D eigenvalue weighted by atomic mass is 9.76. The number of fused-ring (bicyclic) bond motifs is 3. The molecule has 3 unspecified atom stereocenters. The van der Waals surface area contributed by atoms with Crippen molar-refractivity contribution in [3.05, 3.63) is 81.4 Å². The third kappa shape index (κ3) is 3.75. The molecule has 0 fully saturated rings. The number of non-ortho nitro benzene ring substituents is 1. The van der Waals surface area contributed by atoms with Crippen LogP contribution < -0.4 is 10.6 Å². The molecule has 4 rings (SSSR count). The van der Waals surface area contributed by atoms with Crippen LogP contribution in [0.1, 0.15) is 60.6 Å². The SMILES string of the molecule is CC(C)(C)NC(=O)c1ccc2c(c1)C1C=CCC1C(c1cccc([N+](=O)[O-])c1)N2. The van der Waals surface area contributed by atoms with E-state index in [1.807, 2.05) is 45.0 Å². The molecule has 0 saturated heterocycles. The molecule has 1 aliphatic carbocycles. The Balaban J connectivity index is 1.68. The van der Waals surface area contributed by atoms with E-state index in [0.29, 0.717) is 5.56 Å². The molecule has 29 heavy (non-hydrogen) atoms. The average Bonchev–Trinajstić information content (AvgIpc) is 3.16. The van der Waals surface area contributed by atoms with Crippen molar-refractivity contribution in [3.63, 3.8) is 0 Å². The second-order valence-electron chi connectivity index (χ2n) is 8.83. The second kappa shape index (κ2) is 7.03. The van der Waals surface area contributed by atoms with Gasteiger partial charge in [-0.2, -0.15) is 0 Å². The van der Waals surface area contributed by atoms with Gasteiger partial charge in [0.2, 0.25) is 0 Å². The van der Waals surface area contributed by atoms with E-state index in [1.165, 1.54) is 6.07 Å². The summed E-state index contributed by atoms with van der Waals surface area (Å²) in [6, 6.07) is 12.6. The number of anilines is 1. The normalized spacial score (nSPS) is 22.4. The molecule has 2 N–H and O–H groups in total. The summed E-state index contributed by atoms with van der Waals surface area (Å²) in [5.41, 5.74) is 3.44. The minimum atomic E-state index is -0.356. The fourth-order valence-electron chi connectivity index (χ4n) is 4.31. The first-order valence-electron chi connectivity index (χ1n) is 9.87. The summed E-state index contributed by atoms with van der Waals surface area (Å²) >= 11 is 0. The molecular weight excluding hydrogens is 366 g/mol. The van der Waals surface area contributed by atoms with Crippen molar-refractivity contribution >= 4 is 17.3 Å². The van der Waals surface area contributed by atoms with Crippen molar-refractivity contribution in [1.82, 2.24) is 5.32 Å². The second-order valence-corrected chi connectivity index (χ2v) is 8.83. The maximum atomic E-state index is 12.6. The van der Waals surface area contributed by atoms with Crippen LogP contribution in [-0.4, -0.2) is 16.4 Å². The van der Waals surface area contributed by atoms with Crippen molar-refractivity contribution in [3.8, 4) is 0 Å². The summed E-state index contributed by atoms with van der Waals surface area (Å²) in [6.07, 6.45) is 5.25. The number of hydrogen-bond acceptors (Lipinski definition) is 4. The molecule has 0 bridgehead atoms. The molecule has 6 nitrogen and oxygen atoms in total. The number of nitrogens with one attached hydrogen (secondary N) is 2. The quantitative estimate of drug-likeness (QED) is 0.440. The number of nitro groups is 1. The number of rotatable bonds is 3. The van der Waals surface area contributed by atoms with E-state index in [4.69, 9.17) is 0 Å². The van der Waals surface area contributed by atoms with Gasteiger partial charge in [0.25, 0.3) is 11.6 Å². The molecule has 2 aliphatic rings. The van der Waals surface area contributed by atoms with Gasteiger partial charge in [0.15, 0.2) is 0 Å². The molecule has 0 radical (unpaired) electrons. The Hall–Kier alpha value is -3.15. The summed E-state index contributed by atoms with van der Waals surface area (Å²) in [5, 5.41) is 17.8. The Morgan fingerprint density at radius 3 is 2.72 bits per heavy atom. The molecule has 2 aromatic rings. The fraction of sp³-hybridized carbons (Fsp3) is 0.348. The monoisotopic (exact) mass is 391 g/mol.